The predicted molar refractivity (Wildman–Crippen MR) is 124 cm³/mol. The zero-order valence-corrected chi connectivity index (χ0v) is 18.8. The molecule has 7 nitrogen and oxygen atoms in total. The Balaban J connectivity index is 1.35. The first-order valence-electron chi connectivity index (χ1n) is 11.3. The number of nitrogens with one attached hydrogen (secondary N) is 1. The summed E-state index contributed by atoms with van der Waals surface area (Å²) in [7, 11) is 1.65. The van der Waals surface area contributed by atoms with Crippen LogP contribution < -0.4 is 4.74 Å². The number of benzene rings is 2. The highest BCUT2D eigenvalue weighted by Gasteiger charge is 2.33. The summed E-state index contributed by atoms with van der Waals surface area (Å²) >= 11 is 0. The normalized spacial score (nSPS) is 15.9. The van der Waals surface area contributed by atoms with E-state index >= 15 is 0 Å². The van der Waals surface area contributed by atoms with Crippen molar-refractivity contribution in [2.24, 2.45) is 0 Å². The molecule has 1 amide bonds. The average molecular weight is 461 g/mol. The first-order chi connectivity index (χ1) is 16.6. The van der Waals surface area contributed by atoms with Gasteiger partial charge in [0.1, 0.15) is 29.1 Å². The Hall–Kier alpha value is -3.94. The Morgan fingerprint density at radius 3 is 2.85 bits per heavy atom. The monoisotopic (exact) mass is 460 g/mol. The lowest BCUT2D eigenvalue weighted by atomic mass is 10.0. The van der Waals surface area contributed by atoms with Gasteiger partial charge < -0.3 is 14.1 Å². The van der Waals surface area contributed by atoms with Gasteiger partial charge in [0, 0.05) is 24.1 Å². The number of aromatic nitrogens is 3. The number of ether oxygens (including phenoxy) is 1. The molecule has 1 fully saturated rings. The number of H-pyrrole nitrogens is 1. The molecule has 3 heterocycles. The smallest absolute Gasteiger partial charge is 0.272 e. The van der Waals surface area contributed by atoms with Crippen molar-refractivity contribution in [3.63, 3.8) is 0 Å². The van der Waals surface area contributed by atoms with Crippen LogP contribution in [0, 0.1) is 5.82 Å². The van der Waals surface area contributed by atoms with Crippen molar-refractivity contribution in [1.82, 2.24) is 20.1 Å². The van der Waals surface area contributed by atoms with Crippen molar-refractivity contribution >= 4 is 5.91 Å². The van der Waals surface area contributed by atoms with Gasteiger partial charge in [-0.1, -0.05) is 18.2 Å². The molecule has 0 bridgehead atoms. The maximum atomic E-state index is 13.4. The van der Waals surface area contributed by atoms with Crippen molar-refractivity contribution in [2.45, 2.75) is 31.7 Å². The molecule has 1 atom stereocenters. The lowest BCUT2D eigenvalue weighted by molar-refractivity contribution is 0.0564. The summed E-state index contributed by atoms with van der Waals surface area (Å²) in [4.78, 5) is 19.7. The van der Waals surface area contributed by atoms with Crippen LogP contribution in [0.3, 0.4) is 0 Å². The van der Waals surface area contributed by atoms with Crippen LogP contribution in [0.4, 0.5) is 4.39 Å². The Bertz CT molecular complexity index is 1280. The third-order valence-corrected chi connectivity index (χ3v) is 6.13. The highest BCUT2D eigenvalue weighted by Crippen LogP contribution is 2.33. The zero-order valence-electron chi connectivity index (χ0n) is 18.8. The standard InChI is InChI=1S/C26H25FN4O3/c1-33-24-8-3-2-6-18(24)14-20-16-28-25(34-20)23-7-4-5-13-31(23)26(32)22-15-21(29-30-22)17-9-11-19(27)12-10-17/h2-3,6,8-12,15-16,23H,4-5,7,13-14H2,1H3,(H,29,30)/t23-/m1/s1. The number of piperidine rings is 1. The first kappa shape index (κ1) is 21.9. The van der Waals surface area contributed by atoms with E-state index in [2.05, 4.69) is 15.2 Å². The summed E-state index contributed by atoms with van der Waals surface area (Å²) in [5.74, 6) is 1.58. The largest absolute Gasteiger partial charge is 0.496 e. The lowest BCUT2D eigenvalue weighted by Gasteiger charge is -2.33. The van der Waals surface area contributed by atoms with Gasteiger partial charge in [-0.3, -0.25) is 9.89 Å². The molecule has 1 aliphatic rings. The van der Waals surface area contributed by atoms with Crippen LogP contribution in [-0.2, 0) is 6.42 Å². The van der Waals surface area contributed by atoms with Crippen LogP contribution in [0.1, 0.15) is 53.0 Å². The lowest BCUT2D eigenvalue weighted by Crippen LogP contribution is -2.38. The summed E-state index contributed by atoms with van der Waals surface area (Å²) < 4.78 is 24.8. The summed E-state index contributed by atoms with van der Waals surface area (Å²) in [5, 5.41) is 7.09. The van der Waals surface area contributed by atoms with Crippen molar-refractivity contribution < 1.29 is 18.3 Å². The van der Waals surface area contributed by atoms with Crippen molar-refractivity contribution in [2.75, 3.05) is 13.7 Å². The Labute approximate surface area is 196 Å². The molecule has 0 unspecified atom stereocenters. The van der Waals surface area contributed by atoms with Crippen LogP contribution >= 0.6 is 0 Å². The number of carbonyl (C=O) groups excluding carboxylic acids is 1. The number of nitrogens with zero attached hydrogens (tertiary/aromatic N) is 3. The zero-order chi connectivity index (χ0) is 23.5. The number of amides is 1. The molecule has 0 aliphatic carbocycles. The molecule has 0 spiro atoms. The molecule has 0 saturated carbocycles. The fourth-order valence-corrected chi connectivity index (χ4v) is 4.38. The molecule has 174 valence electrons. The quantitative estimate of drug-likeness (QED) is 0.429. The van der Waals surface area contributed by atoms with Gasteiger partial charge in [0.15, 0.2) is 0 Å². The van der Waals surface area contributed by atoms with Crippen LogP contribution in [0.15, 0.2) is 65.2 Å². The summed E-state index contributed by atoms with van der Waals surface area (Å²) in [5.41, 5.74) is 2.72. The fourth-order valence-electron chi connectivity index (χ4n) is 4.38. The van der Waals surface area contributed by atoms with E-state index in [0.717, 1.165) is 41.9 Å². The molecular weight excluding hydrogens is 435 g/mol. The number of methoxy groups -OCH3 is 1. The number of aromatic amines is 1. The van der Waals surface area contributed by atoms with Gasteiger partial charge in [0.05, 0.1) is 19.0 Å². The predicted octanol–water partition coefficient (Wildman–Crippen LogP) is 5.17. The van der Waals surface area contributed by atoms with E-state index in [1.165, 1.54) is 12.1 Å². The number of halogens is 1. The second-order valence-corrected chi connectivity index (χ2v) is 8.34. The third-order valence-electron chi connectivity index (χ3n) is 6.13. The maximum absolute atomic E-state index is 13.4. The second kappa shape index (κ2) is 9.51. The maximum Gasteiger partial charge on any atom is 0.272 e. The van der Waals surface area contributed by atoms with E-state index in [1.807, 2.05) is 24.3 Å². The van der Waals surface area contributed by atoms with Crippen molar-refractivity contribution in [3.05, 3.63) is 89.5 Å². The Morgan fingerprint density at radius 2 is 2.03 bits per heavy atom. The fraction of sp³-hybridized carbons (Fsp3) is 0.269. The minimum Gasteiger partial charge on any atom is -0.496 e. The third kappa shape index (κ3) is 4.44. The molecule has 2 aromatic carbocycles. The summed E-state index contributed by atoms with van der Waals surface area (Å²) in [6.07, 6.45) is 4.96. The van der Waals surface area contributed by atoms with Gasteiger partial charge in [0.2, 0.25) is 5.89 Å². The highest BCUT2D eigenvalue weighted by molar-refractivity contribution is 5.93. The summed E-state index contributed by atoms with van der Waals surface area (Å²) in [6, 6.07) is 15.3. The van der Waals surface area contributed by atoms with Gasteiger partial charge in [0.25, 0.3) is 5.91 Å². The number of hydrogen-bond donors (Lipinski definition) is 1. The van der Waals surface area contributed by atoms with Crippen LogP contribution in [-0.4, -0.2) is 39.6 Å². The number of para-hydroxylation sites is 1. The molecule has 0 radical (unpaired) electrons. The second-order valence-electron chi connectivity index (χ2n) is 8.34. The average Bonchev–Trinajstić information content (AvgIpc) is 3.55. The highest BCUT2D eigenvalue weighted by atomic mass is 19.1. The number of hydrogen-bond acceptors (Lipinski definition) is 5. The molecule has 2 aromatic heterocycles. The van der Waals surface area contributed by atoms with Crippen LogP contribution in [0.25, 0.3) is 11.3 Å². The minimum absolute atomic E-state index is 0.157. The summed E-state index contributed by atoms with van der Waals surface area (Å²) in [6.45, 7) is 0.610. The van der Waals surface area contributed by atoms with E-state index in [9.17, 15) is 9.18 Å². The molecular formula is C26H25FN4O3. The van der Waals surface area contributed by atoms with Crippen molar-refractivity contribution in [1.29, 1.82) is 0 Å². The van der Waals surface area contributed by atoms with E-state index in [1.54, 1.807) is 36.4 Å². The number of likely N-dealkylation sites (tertiary alicyclic amines) is 1. The van der Waals surface area contributed by atoms with E-state index in [4.69, 9.17) is 9.15 Å². The van der Waals surface area contributed by atoms with Gasteiger partial charge >= 0.3 is 0 Å². The van der Waals surface area contributed by atoms with E-state index in [0.29, 0.717) is 30.2 Å². The van der Waals surface area contributed by atoms with Crippen LogP contribution in [0.2, 0.25) is 0 Å². The number of rotatable bonds is 6. The topological polar surface area (TPSA) is 84.2 Å². The van der Waals surface area contributed by atoms with Gasteiger partial charge in [-0.15, -0.1) is 0 Å². The molecule has 1 aliphatic heterocycles. The minimum atomic E-state index is -0.317. The Kier molecular flexibility index (Phi) is 6.12. The number of carbonyl (C=O) groups is 1. The van der Waals surface area contributed by atoms with Gasteiger partial charge in [-0.2, -0.15) is 5.10 Å². The molecule has 1 N–H and O–H groups in total. The SMILES string of the molecule is COc1ccccc1Cc1cnc([C@H]2CCCCN2C(=O)c2cc(-c3ccc(F)cc3)n[nH]2)o1. The van der Waals surface area contributed by atoms with Crippen LogP contribution in [0.5, 0.6) is 5.75 Å². The number of oxazole rings is 1. The van der Waals surface area contributed by atoms with Gasteiger partial charge in [-0.25, -0.2) is 9.37 Å². The molecule has 5 rings (SSSR count). The molecule has 4 aromatic rings. The molecule has 8 heteroatoms. The molecule has 34 heavy (non-hydrogen) atoms. The first-order valence-corrected chi connectivity index (χ1v) is 11.3. The Morgan fingerprint density at radius 1 is 1.21 bits per heavy atom. The van der Waals surface area contributed by atoms with E-state index in [-0.39, 0.29) is 17.8 Å². The van der Waals surface area contributed by atoms with Crippen molar-refractivity contribution in [3.8, 4) is 17.0 Å². The molecule has 1 saturated heterocycles. The van der Waals surface area contributed by atoms with Gasteiger partial charge in [-0.05, 0) is 55.7 Å². The van der Waals surface area contributed by atoms with E-state index < -0.39 is 0 Å².